The smallest absolute Gasteiger partial charge is 0.229 e. The minimum absolute atomic E-state index is 0.575. The molecule has 22 heavy (non-hydrogen) atoms. The predicted octanol–water partition coefficient (Wildman–Crippen LogP) is 2.37. The van der Waals surface area contributed by atoms with E-state index in [1.54, 1.807) is 7.11 Å². The molecule has 3 rings (SSSR count). The van der Waals surface area contributed by atoms with Crippen molar-refractivity contribution in [2.24, 2.45) is 0 Å². The quantitative estimate of drug-likeness (QED) is 0.935. The Morgan fingerprint density at radius 2 is 1.95 bits per heavy atom. The standard InChI is InChI=1S/C16H20N4O2/c1-12-11-15(20-7-9-22-10-8-20)19-16(17-12)18-13-5-3-4-6-14(13)21-2/h3-6,11H,7-10H2,1-2H3,(H,17,18,19). The van der Waals surface area contributed by atoms with E-state index in [-0.39, 0.29) is 0 Å². The van der Waals surface area contributed by atoms with Crippen molar-refractivity contribution < 1.29 is 9.47 Å². The van der Waals surface area contributed by atoms with E-state index in [0.717, 1.165) is 49.3 Å². The van der Waals surface area contributed by atoms with Gasteiger partial charge in [-0.15, -0.1) is 0 Å². The summed E-state index contributed by atoms with van der Waals surface area (Å²) in [5, 5.41) is 3.24. The molecular weight excluding hydrogens is 280 g/mol. The van der Waals surface area contributed by atoms with E-state index in [2.05, 4.69) is 20.2 Å². The molecule has 0 radical (unpaired) electrons. The summed E-state index contributed by atoms with van der Waals surface area (Å²) in [7, 11) is 1.65. The van der Waals surface area contributed by atoms with Gasteiger partial charge in [-0.05, 0) is 19.1 Å². The highest BCUT2D eigenvalue weighted by atomic mass is 16.5. The van der Waals surface area contributed by atoms with Gasteiger partial charge in [0.1, 0.15) is 11.6 Å². The van der Waals surface area contributed by atoms with E-state index < -0.39 is 0 Å². The van der Waals surface area contributed by atoms with Crippen LogP contribution in [0.15, 0.2) is 30.3 Å². The van der Waals surface area contributed by atoms with Crippen LogP contribution >= 0.6 is 0 Å². The Hall–Kier alpha value is -2.34. The first-order chi connectivity index (χ1) is 10.8. The minimum Gasteiger partial charge on any atom is -0.495 e. The summed E-state index contributed by atoms with van der Waals surface area (Å²) >= 11 is 0. The number of anilines is 3. The number of nitrogens with one attached hydrogen (secondary N) is 1. The molecule has 1 aromatic heterocycles. The van der Waals surface area contributed by atoms with Gasteiger partial charge < -0.3 is 19.7 Å². The van der Waals surface area contributed by atoms with Gasteiger partial charge in [0.2, 0.25) is 5.95 Å². The van der Waals surface area contributed by atoms with Crippen molar-refractivity contribution in [2.75, 3.05) is 43.6 Å². The molecule has 1 fully saturated rings. The zero-order valence-corrected chi connectivity index (χ0v) is 12.9. The third kappa shape index (κ3) is 3.28. The number of aromatic nitrogens is 2. The van der Waals surface area contributed by atoms with Crippen molar-refractivity contribution in [2.45, 2.75) is 6.92 Å². The van der Waals surface area contributed by atoms with Gasteiger partial charge in [-0.3, -0.25) is 0 Å². The van der Waals surface area contributed by atoms with Gasteiger partial charge in [0, 0.05) is 24.8 Å². The highest BCUT2D eigenvalue weighted by Gasteiger charge is 2.14. The van der Waals surface area contributed by atoms with E-state index in [0.29, 0.717) is 5.95 Å². The van der Waals surface area contributed by atoms with Crippen molar-refractivity contribution in [3.8, 4) is 5.75 Å². The second kappa shape index (κ2) is 6.62. The summed E-state index contributed by atoms with van der Waals surface area (Å²) in [6.07, 6.45) is 0. The van der Waals surface area contributed by atoms with Crippen molar-refractivity contribution in [3.63, 3.8) is 0 Å². The van der Waals surface area contributed by atoms with Gasteiger partial charge in [-0.25, -0.2) is 4.98 Å². The number of ether oxygens (including phenoxy) is 2. The van der Waals surface area contributed by atoms with Crippen LogP contribution < -0.4 is 15.0 Å². The SMILES string of the molecule is COc1ccccc1Nc1nc(C)cc(N2CCOCC2)n1. The van der Waals surface area contributed by atoms with Crippen LogP contribution in [0.5, 0.6) is 5.75 Å². The molecule has 1 saturated heterocycles. The van der Waals surface area contributed by atoms with E-state index in [1.165, 1.54) is 0 Å². The highest BCUT2D eigenvalue weighted by molar-refractivity contribution is 5.63. The molecule has 2 aromatic rings. The van der Waals surface area contributed by atoms with Crippen molar-refractivity contribution in [1.29, 1.82) is 0 Å². The average Bonchev–Trinajstić information content (AvgIpc) is 2.56. The Balaban J connectivity index is 1.85. The predicted molar refractivity (Wildman–Crippen MR) is 86.1 cm³/mol. The van der Waals surface area contributed by atoms with E-state index in [9.17, 15) is 0 Å². The normalized spacial score (nSPS) is 14.7. The van der Waals surface area contributed by atoms with Gasteiger partial charge in [0.05, 0.1) is 26.0 Å². The van der Waals surface area contributed by atoms with Crippen LogP contribution in [0.1, 0.15) is 5.69 Å². The van der Waals surface area contributed by atoms with E-state index >= 15 is 0 Å². The summed E-state index contributed by atoms with van der Waals surface area (Å²) in [4.78, 5) is 11.3. The van der Waals surface area contributed by atoms with Gasteiger partial charge in [0.15, 0.2) is 0 Å². The third-order valence-electron chi connectivity index (χ3n) is 3.53. The summed E-state index contributed by atoms with van der Waals surface area (Å²) in [5.74, 6) is 2.26. The largest absolute Gasteiger partial charge is 0.495 e. The number of nitrogens with zero attached hydrogens (tertiary/aromatic N) is 3. The van der Waals surface area contributed by atoms with Crippen LogP contribution in [0, 0.1) is 6.92 Å². The lowest BCUT2D eigenvalue weighted by Gasteiger charge is -2.28. The average molecular weight is 300 g/mol. The summed E-state index contributed by atoms with van der Waals surface area (Å²) < 4.78 is 10.7. The van der Waals surface area contributed by atoms with Crippen LogP contribution in [0.4, 0.5) is 17.5 Å². The first kappa shape index (κ1) is 14.6. The van der Waals surface area contributed by atoms with Crippen LogP contribution in [0.2, 0.25) is 0 Å². The molecule has 1 N–H and O–H groups in total. The Labute approximate surface area is 130 Å². The molecule has 0 aliphatic carbocycles. The summed E-state index contributed by atoms with van der Waals surface area (Å²) in [5.41, 5.74) is 1.78. The zero-order chi connectivity index (χ0) is 15.4. The molecule has 6 heteroatoms. The fraction of sp³-hybridized carbons (Fsp3) is 0.375. The molecule has 2 heterocycles. The number of hydrogen-bond donors (Lipinski definition) is 1. The Morgan fingerprint density at radius 3 is 2.73 bits per heavy atom. The molecule has 0 saturated carbocycles. The molecule has 0 amide bonds. The maximum atomic E-state index is 5.39. The first-order valence-corrected chi connectivity index (χ1v) is 7.34. The lowest BCUT2D eigenvalue weighted by Crippen LogP contribution is -2.36. The number of benzene rings is 1. The number of aryl methyl sites for hydroxylation is 1. The number of methoxy groups -OCH3 is 1. The molecule has 0 atom stereocenters. The van der Waals surface area contributed by atoms with Crippen LogP contribution in [-0.2, 0) is 4.74 Å². The first-order valence-electron chi connectivity index (χ1n) is 7.34. The summed E-state index contributed by atoms with van der Waals surface area (Å²) in [6.45, 7) is 5.14. The molecule has 1 aliphatic heterocycles. The molecule has 6 nitrogen and oxygen atoms in total. The van der Waals surface area contributed by atoms with Gasteiger partial charge in [0.25, 0.3) is 0 Å². The topological polar surface area (TPSA) is 59.5 Å². The minimum atomic E-state index is 0.575. The van der Waals surface area contributed by atoms with Gasteiger partial charge in [-0.1, -0.05) is 12.1 Å². The number of para-hydroxylation sites is 2. The Morgan fingerprint density at radius 1 is 1.18 bits per heavy atom. The van der Waals surface area contributed by atoms with Crippen LogP contribution in [0.25, 0.3) is 0 Å². The Kier molecular flexibility index (Phi) is 4.39. The van der Waals surface area contributed by atoms with Crippen molar-refractivity contribution >= 4 is 17.5 Å². The second-order valence-corrected chi connectivity index (χ2v) is 5.12. The van der Waals surface area contributed by atoms with E-state index in [4.69, 9.17) is 9.47 Å². The number of morpholine rings is 1. The maximum absolute atomic E-state index is 5.39. The lowest BCUT2D eigenvalue weighted by molar-refractivity contribution is 0.122. The van der Waals surface area contributed by atoms with E-state index in [1.807, 2.05) is 37.3 Å². The van der Waals surface area contributed by atoms with Crippen LogP contribution in [-0.4, -0.2) is 43.4 Å². The second-order valence-electron chi connectivity index (χ2n) is 5.12. The van der Waals surface area contributed by atoms with Crippen molar-refractivity contribution in [1.82, 2.24) is 9.97 Å². The lowest BCUT2D eigenvalue weighted by atomic mass is 10.3. The molecule has 1 aromatic carbocycles. The molecule has 0 unspecified atom stereocenters. The molecule has 1 aliphatic rings. The molecular formula is C16H20N4O2. The third-order valence-corrected chi connectivity index (χ3v) is 3.53. The fourth-order valence-electron chi connectivity index (χ4n) is 2.43. The number of rotatable bonds is 4. The van der Waals surface area contributed by atoms with Crippen LogP contribution in [0.3, 0.4) is 0 Å². The van der Waals surface area contributed by atoms with Gasteiger partial charge >= 0.3 is 0 Å². The maximum Gasteiger partial charge on any atom is 0.229 e. The van der Waals surface area contributed by atoms with Gasteiger partial charge in [-0.2, -0.15) is 4.98 Å². The zero-order valence-electron chi connectivity index (χ0n) is 12.9. The monoisotopic (exact) mass is 300 g/mol. The fourth-order valence-corrected chi connectivity index (χ4v) is 2.43. The molecule has 0 bridgehead atoms. The number of hydrogen-bond acceptors (Lipinski definition) is 6. The summed E-state index contributed by atoms with van der Waals surface area (Å²) in [6, 6.07) is 9.72. The highest BCUT2D eigenvalue weighted by Crippen LogP contribution is 2.26. The molecule has 116 valence electrons. The Bertz CT molecular complexity index is 642. The molecule has 0 spiro atoms. The van der Waals surface area contributed by atoms with Crippen molar-refractivity contribution in [3.05, 3.63) is 36.0 Å².